The number of hydrogen-bond acceptors (Lipinski definition) is 5. The van der Waals surface area contributed by atoms with Gasteiger partial charge >= 0.3 is 0 Å². The Labute approximate surface area is 154 Å². The Morgan fingerprint density at radius 2 is 1.78 bits per heavy atom. The molecule has 3 aromatic rings. The predicted octanol–water partition coefficient (Wildman–Crippen LogP) is 1.92. The number of nitrogens with two attached hydrogens (primary N) is 1. The summed E-state index contributed by atoms with van der Waals surface area (Å²) < 4.78 is 42.2. The second-order valence-electron chi connectivity index (χ2n) is 5.49. The van der Waals surface area contributed by atoms with Gasteiger partial charge in [0.15, 0.2) is 11.4 Å². The monoisotopic (exact) mass is 390 g/mol. The first-order valence-electron chi connectivity index (χ1n) is 7.62. The first-order chi connectivity index (χ1) is 12.8. The van der Waals surface area contributed by atoms with E-state index in [-0.39, 0.29) is 16.3 Å². The molecule has 8 nitrogen and oxygen atoms in total. The van der Waals surface area contributed by atoms with Gasteiger partial charge in [-0.25, -0.2) is 22.6 Å². The summed E-state index contributed by atoms with van der Waals surface area (Å²) in [7, 11) is -2.42. The number of primary sulfonamides is 1. The van der Waals surface area contributed by atoms with Gasteiger partial charge < -0.3 is 10.1 Å². The van der Waals surface area contributed by atoms with Gasteiger partial charge in [-0.05, 0) is 48.5 Å². The van der Waals surface area contributed by atoms with Crippen molar-refractivity contribution < 1.29 is 22.3 Å². The number of benzene rings is 2. The molecule has 0 aliphatic heterocycles. The summed E-state index contributed by atoms with van der Waals surface area (Å²) in [4.78, 5) is 12.4. The molecule has 0 saturated carbocycles. The molecule has 10 heteroatoms. The van der Waals surface area contributed by atoms with Gasteiger partial charge in [0.05, 0.1) is 23.9 Å². The molecule has 1 aromatic heterocycles. The summed E-state index contributed by atoms with van der Waals surface area (Å²) in [5.74, 6) is -0.729. The number of sulfonamides is 1. The molecule has 1 amide bonds. The fourth-order valence-electron chi connectivity index (χ4n) is 2.31. The van der Waals surface area contributed by atoms with Gasteiger partial charge in [0, 0.05) is 5.69 Å². The Kier molecular flexibility index (Phi) is 4.93. The summed E-state index contributed by atoms with van der Waals surface area (Å²) in [6, 6.07) is 10.9. The SMILES string of the molecule is COc1cn(-c2ccc(F)cc2)nc1C(=O)Nc1ccc(S(N)(=O)=O)cc1. The number of nitrogens with zero attached hydrogens (tertiary/aromatic N) is 2. The summed E-state index contributed by atoms with van der Waals surface area (Å²) in [6.07, 6.45) is 1.49. The molecule has 0 atom stereocenters. The third-order valence-electron chi connectivity index (χ3n) is 3.65. The van der Waals surface area contributed by atoms with Crippen molar-refractivity contribution in [3.8, 4) is 11.4 Å². The smallest absolute Gasteiger partial charge is 0.280 e. The number of carbonyl (C=O) groups is 1. The highest BCUT2D eigenvalue weighted by Gasteiger charge is 2.19. The van der Waals surface area contributed by atoms with E-state index < -0.39 is 21.7 Å². The van der Waals surface area contributed by atoms with Gasteiger partial charge in [-0.15, -0.1) is 0 Å². The van der Waals surface area contributed by atoms with Crippen LogP contribution < -0.4 is 15.2 Å². The van der Waals surface area contributed by atoms with E-state index in [1.165, 1.54) is 66.5 Å². The standard InChI is InChI=1S/C17H15FN4O4S/c1-26-15-10-22(13-6-2-11(18)3-7-13)21-16(15)17(23)20-12-4-8-14(9-5-12)27(19,24)25/h2-10H,1H3,(H,20,23)(H2,19,24,25). The number of anilines is 1. The zero-order chi connectivity index (χ0) is 19.6. The van der Waals surface area contributed by atoms with Crippen molar-refractivity contribution in [1.29, 1.82) is 0 Å². The Hall–Kier alpha value is -3.24. The Bertz CT molecular complexity index is 1080. The highest BCUT2D eigenvalue weighted by Crippen LogP contribution is 2.21. The lowest BCUT2D eigenvalue weighted by Crippen LogP contribution is -2.15. The molecular formula is C17H15FN4O4S. The average molecular weight is 390 g/mol. The maximum absolute atomic E-state index is 13.1. The third kappa shape index (κ3) is 4.13. The molecule has 27 heavy (non-hydrogen) atoms. The van der Waals surface area contributed by atoms with Crippen LogP contribution >= 0.6 is 0 Å². The minimum Gasteiger partial charge on any atom is -0.493 e. The molecule has 140 valence electrons. The van der Waals surface area contributed by atoms with Crippen molar-refractivity contribution in [2.45, 2.75) is 4.90 Å². The van der Waals surface area contributed by atoms with Crippen molar-refractivity contribution in [2.24, 2.45) is 5.14 Å². The topological polar surface area (TPSA) is 116 Å². The number of aromatic nitrogens is 2. The van der Waals surface area contributed by atoms with Crippen LogP contribution in [0.15, 0.2) is 59.6 Å². The molecule has 0 bridgehead atoms. The molecule has 0 spiro atoms. The van der Waals surface area contributed by atoms with Crippen LogP contribution in [0.25, 0.3) is 5.69 Å². The summed E-state index contributed by atoms with van der Waals surface area (Å²) in [6.45, 7) is 0. The Morgan fingerprint density at radius 1 is 1.15 bits per heavy atom. The number of rotatable bonds is 5. The zero-order valence-corrected chi connectivity index (χ0v) is 14.9. The Morgan fingerprint density at radius 3 is 2.33 bits per heavy atom. The number of nitrogens with one attached hydrogen (secondary N) is 1. The van der Waals surface area contributed by atoms with Crippen molar-refractivity contribution in [2.75, 3.05) is 12.4 Å². The molecule has 0 radical (unpaired) electrons. The van der Waals surface area contributed by atoms with E-state index in [2.05, 4.69) is 10.4 Å². The van der Waals surface area contributed by atoms with Crippen LogP contribution in [-0.2, 0) is 10.0 Å². The number of carbonyl (C=O) groups excluding carboxylic acids is 1. The lowest BCUT2D eigenvalue weighted by atomic mass is 10.3. The molecule has 2 aromatic carbocycles. The van der Waals surface area contributed by atoms with E-state index >= 15 is 0 Å². The van der Waals surface area contributed by atoms with Crippen LogP contribution in [0.4, 0.5) is 10.1 Å². The molecule has 0 aliphatic rings. The molecule has 0 aliphatic carbocycles. The number of methoxy groups -OCH3 is 1. The highest BCUT2D eigenvalue weighted by molar-refractivity contribution is 7.89. The van der Waals surface area contributed by atoms with Gasteiger partial charge in [0.1, 0.15) is 5.82 Å². The van der Waals surface area contributed by atoms with Crippen molar-refractivity contribution in [3.63, 3.8) is 0 Å². The van der Waals surface area contributed by atoms with Gasteiger partial charge in [0.25, 0.3) is 5.91 Å². The van der Waals surface area contributed by atoms with E-state index in [4.69, 9.17) is 9.88 Å². The first-order valence-corrected chi connectivity index (χ1v) is 9.16. The van der Waals surface area contributed by atoms with Gasteiger partial charge in [0.2, 0.25) is 10.0 Å². The van der Waals surface area contributed by atoms with Crippen LogP contribution in [0.3, 0.4) is 0 Å². The molecule has 0 unspecified atom stereocenters. The minimum absolute atomic E-state index is 0.0114. The molecule has 0 saturated heterocycles. The normalized spacial score (nSPS) is 11.2. The summed E-state index contributed by atoms with van der Waals surface area (Å²) in [5.41, 5.74) is 0.911. The lowest BCUT2D eigenvalue weighted by Gasteiger charge is -2.05. The van der Waals surface area contributed by atoms with Crippen molar-refractivity contribution in [3.05, 3.63) is 66.2 Å². The van der Waals surface area contributed by atoms with Crippen LogP contribution in [0.5, 0.6) is 5.75 Å². The molecular weight excluding hydrogens is 375 g/mol. The van der Waals surface area contributed by atoms with Gasteiger partial charge in [-0.2, -0.15) is 5.10 Å². The zero-order valence-electron chi connectivity index (χ0n) is 14.1. The van der Waals surface area contributed by atoms with E-state index in [1.807, 2.05) is 0 Å². The molecule has 0 fully saturated rings. The Balaban J connectivity index is 1.85. The minimum atomic E-state index is -3.82. The fourth-order valence-corrected chi connectivity index (χ4v) is 2.82. The molecule has 1 heterocycles. The molecule has 3 rings (SSSR count). The largest absolute Gasteiger partial charge is 0.493 e. The van der Waals surface area contributed by atoms with Gasteiger partial charge in [-0.1, -0.05) is 0 Å². The van der Waals surface area contributed by atoms with E-state index in [0.29, 0.717) is 11.4 Å². The maximum Gasteiger partial charge on any atom is 0.280 e. The number of amides is 1. The maximum atomic E-state index is 13.1. The number of ether oxygens (including phenoxy) is 1. The van der Waals surface area contributed by atoms with E-state index in [0.717, 1.165) is 0 Å². The van der Waals surface area contributed by atoms with Crippen LogP contribution in [0, 0.1) is 5.82 Å². The van der Waals surface area contributed by atoms with E-state index in [1.54, 1.807) is 0 Å². The van der Waals surface area contributed by atoms with Crippen molar-refractivity contribution >= 4 is 21.6 Å². The van der Waals surface area contributed by atoms with Crippen LogP contribution in [0.2, 0.25) is 0 Å². The first kappa shape index (κ1) is 18.5. The van der Waals surface area contributed by atoms with Crippen molar-refractivity contribution in [1.82, 2.24) is 9.78 Å². The average Bonchev–Trinajstić information content (AvgIpc) is 3.06. The van der Waals surface area contributed by atoms with Crippen LogP contribution in [-0.4, -0.2) is 31.2 Å². The van der Waals surface area contributed by atoms with Gasteiger partial charge in [-0.3, -0.25) is 4.79 Å². The third-order valence-corrected chi connectivity index (χ3v) is 4.58. The van der Waals surface area contributed by atoms with Crippen LogP contribution in [0.1, 0.15) is 10.5 Å². The second kappa shape index (κ2) is 7.17. The fraction of sp³-hybridized carbons (Fsp3) is 0.0588. The molecule has 3 N–H and O–H groups in total. The van der Waals surface area contributed by atoms with E-state index in [9.17, 15) is 17.6 Å². The number of halogens is 1. The quantitative estimate of drug-likeness (QED) is 0.690. The summed E-state index contributed by atoms with van der Waals surface area (Å²) in [5, 5.41) is 11.8. The summed E-state index contributed by atoms with van der Waals surface area (Å²) >= 11 is 0. The number of hydrogen-bond donors (Lipinski definition) is 2. The second-order valence-corrected chi connectivity index (χ2v) is 7.05. The predicted molar refractivity (Wildman–Crippen MR) is 95.8 cm³/mol. The lowest BCUT2D eigenvalue weighted by molar-refractivity contribution is 0.101. The highest BCUT2D eigenvalue weighted by atomic mass is 32.2.